The fourth-order valence-corrected chi connectivity index (χ4v) is 6.96. The van der Waals surface area contributed by atoms with Gasteiger partial charge < -0.3 is 35.6 Å². The Bertz CT molecular complexity index is 2750. The van der Waals surface area contributed by atoms with Gasteiger partial charge in [-0.1, -0.05) is 36.4 Å². The summed E-state index contributed by atoms with van der Waals surface area (Å²) in [7, 11) is 3.83. The van der Waals surface area contributed by atoms with E-state index < -0.39 is 0 Å². The Hall–Kier alpha value is -7.56. The Kier molecular flexibility index (Phi) is 14.0. The summed E-state index contributed by atoms with van der Waals surface area (Å²) in [5.74, 6) is 0.0955. The molecule has 2 fully saturated rings. The zero-order chi connectivity index (χ0) is 44.3. The molecule has 0 amide bonds. The Morgan fingerprint density at radius 3 is 1.90 bits per heavy atom. The number of allylic oxidation sites excluding steroid dienone is 1. The Morgan fingerprint density at radius 2 is 1.35 bits per heavy atom. The molecular formula is C44H47F2N15O2. The van der Waals surface area contributed by atoms with Gasteiger partial charge in [-0.05, 0) is 36.4 Å². The first-order valence-corrected chi connectivity index (χ1v) is 20.1. The summed E-state index contributed by atoms with van der Waals surface area (Å²) in [6, 6.07) is 22.6. The Labute approximate surface area is 362 Å². The predicted octanol–water partition coefficient (Wildman–Crippen LogP) is 4.64. The van der Waals surface area contributed by atoms with E-state index in [0.29, 0.717) is 83.0 Å². The average Bonchev–Trinajstić information content (AvgIpc) is 3.86. The average molecular weight is 856 g/mol. The first-order chi connectivity index (χ1) is 30.6. The highest BCUT2D eigenvalue weighted by molar-refractivity contribution is 6.04. The summed E-state index contributed by atoms with van der Waals surface area (Å²) >= 11 is 0. The molecule has 2 aromatic carbocycles. The maximum absolute atomic E-state index is 14.2. The van der Waals surface area contributed by atoms with Crippen LogP contribution in [0.5, 0.6) is 0 Å². The number of aromatic nitrogens is 8. The number of benzene rings is 2. The highest BCUT2D eigenvalue weighted by atomic mass is 19.1. The monoisotopic (exact) mass is 855 g/mol. The van der Waals surface area contributed by atoms with Crippen LogP contribution in [0.25, 0.3) is 33.6 Å². The number of anilines is 2. The normalized spacial score (nSPS) is 14.0. The molecule has 9 rings (SSSR count). The minimum Gasteiger partial charge on any atom is -0.382 e. The van der Waals surface area contributed by atoms with E-state index in [9.17, 15) is 8.78 Å². The molecule has 0 saturated carbocycles. The van der Waals surface area contributed by atoms with E-state index in [2.05, 4.69) is 41.1 Å². The van der Waals surface area contributed by atoms with Crippen molar-refractivity contribution in [1.82, 2.24) is 49.3 Å². The van der Waals surface area contributed by atoms with Gasteiger partial charge in [0.1, 0.15) is 40.6 Å². The van der Waals surface area contributed by atoms with Gasteiger partial charge in [-0.3, -0.25) is 5.41 Å². The van der Waals surface area contributed by atoms with Crippen LogP contribution < -0.4 is 16.4 Å². The van der Waals surface area contributed by atoms with Crippen molar-refractivity contribution < 1.29 is 18.3 Å². The third-order valence-corrected chi connectivity index (χ3v) is 10.0. The number of amidine groups is 1. The lowest BCUT2D eigenvalue weighted by Crippen LogP contribution is -2.36. The van der Waals surface area contributed by atoms with Gasteiger partial charge in [-0.15, -0.1) is 0 Å². The maximum Gasteiger partial charge on any atom is 0.182 e. The molecule has 2 aliphatic rings. The lowest BCUT2D eigenvalue weighted by Gasteiger charge is -2.29. The predicted molar refractivity (Wildman–Crippen MR) is 235 cm³/mol. The quantitative estimate of drug-likeness (QED) is 0.103. The second kappa shape index (κ2) is 20.3. The number of nitrogens with zero attached hydrogens (tertiary/aromatic N) is 12. The van der Waals surface area contributed by atoms with E-state index >= 15 is 0 Å². The molecule has 0 aliphatic carbocycles. The van der Waals surface area contributed by atoms with Crippen LogP contribution in [0.4, 0.5) is 20.3 Å². The van der Waals surface area contributed by atoms with Gasteiger partial charge in [0.25, 0.3) is 0 Å². The molecule has 17 nitrogen and oxygen atoms in total. The van der Waals surface area contributed by atoms with Crippen LogP contribution in [0.2, 0.25) is 0 Å². The number of nitrogens with one attached hydrogen (secondary N) is 1. The number of halogens is 2. The third-order valence-electron chi connectivity index (χ3n) is 10.0. The van der Waals surface area contributed by atoms with Crippen LogP contribution in [0.1, 0.15) is 16.8 Å². The van der Waals surface area contributed by atoms with E-state index in [1.807, 2.05) is 42.2 Å². The largest absolute Gasteiger partial charge is 0.382 e. The lowest BCUT2D eigenvalue weighted by atomic mass is 10.2. The zero-order valence-electron chi connectivity index (χ0n) is 34.9. The molecule has 2 saturated heterocycles. The molecule has 324 valence electrons. The number of hydrogen-bond donors (Lipinski definition) is 3. The molecule has 0 atom stereocenters. The van der Waals surface area contributed by atoms with Crippen molar-refractivity contribution in [2.45, 2.75) is 13.1 Å². The van der Waals surface area contributed by atoms with E-state index in [1.165, 1.54) is 12.1 Å². The number of fused-ring (bicyclic) bond motifs is 2. The van der Waals surface area contributed by atoms with Gasteiger partial charge in [0.05, 0.1) is 62.2 Å². The lowest BCUT2D eigenvalue weighted by molar-refractivity contribution is 0.0552. The summed E-state index contributed by atoms with van der Waals surface area (Å²) in [6.07, 6.45) is 6.88. The molecule has 2 aliphatic heterocycles. The molecule has 5 aromatic heterocycles. The molecule has 5 N–H and O–H groups in total. The molecular weight excluding hydrogens is 809 g/mol. The fraction of sp³-hybridized carbons (Fsp3) is 0.273. The zero-order valence-corrected chi connectivity index (χ0v) is 34.9. The van der Waals surface area contributed by atoms with Crippen molar-refractivity contribution in [1.29, 1.82) is 10.7 Å². The van der Waals surface area contributed by atoms with Gasteiger partial charge in [-0.2, -0.15) is 15.5 Å². The highest BCUT2D eigenvalue weighted by Gasteiger charge is 2.21. The number of hydrogen-bond acceptors (Lipinski definition) is 14. The molecule has 19 heteroatoms. The number of ether oxygens (including phenoxy) is 2. The molecule has 63 heavy (non-hydrogen) atoms. The van der Waals surface area contributed by atoms with Crippen LogP contribution >= 0.6 is 0 Å². The van der Waals surface area contributed by atoms with Crippen molar-refractivity contribution >= 4 is 39.4 Å². The minimum absolute atomic E-state index is 0.129. The van der Waals surface area contributed by atoms with Gasteiger partial charge in [0, 0.05) is 70.0 Å². The highest BCUT2D eigenvalue weighted by Crippen LogP contribution is 2.29. The van der Waals surface area contributed by atoms with Crippen LogP contribution in [-0.4, -0.2) is 122 Å². The molecule has 7 aromatic rings. The van der Waals surface area contributed by atoms with Crippen molar-refractivity contribution in [2.75, 3.05) is 77.3 Å². The standard InChI is InChI=1S/C21H20FN7O.C14H12FN5.C9H15N3O/c22-16-6-2-1-4-14(16)13-29-21-15(5-3-7-24-21)18(27-29)20-25-12-17(19(23)26-20)28-8-10-30-11-9-28;15-11-6-2-1-4-9(11)8-20-14-10(5-3-7-18-14)12(19-20)13(16)17;1-11(2)8-9(7-10)12-3-5-13-6-4-12/h1-7,12H,8-11,13H2,(H2,23,25,26);1-7H,8H2,(H3,16,17);8H,3-6H2,1-2H3/b;;9-8+. The maximum atomic E-state index is 14.2. The van der Waals surface area contributed by atoms with E-state index in [-0.39, 0.29) is 30.6 Å². The van der Waals surface area contributed by atoms with Crippen molar-refractivity contribution in [3.8, 4) is 17.6 Å². The van der Waals surface area contributed by atoms with E-state index in [4.69, 9.17) is 31.6 Å². The van der Waals surface area contributed by atoms with Crippen molar-refractivity contribution in [3.63, 3.8) is 0 Å². The van der Waals surface area contributed by atoms with Crippen LogP contribution in [0.15, 0.2) is 103 Å². The molecule has 7 heterocycles. The van der Waals surface area contributed by atoms with E-state index in [0.717, 1.165) is 37.3 Å². The first kappa shape index (κ1) is 43.5. The SMILES string of the molecule is CN(C)/C=C(\C#N)N1CCOCC1.N=C(N)c1nn(Cc2ccccc2F)c2ncccc12.Nc1nc(-c2nn(Cc3ccccc3F)c3ncccc23)ncc1N1CCOCC1. The van der Waals surface area contributed by atoms with Gasteiger partial charge in [0.2, 0.25) is 0 Å². The topological polar surface area (TPSA) is 215 Å². The van der Waals surface area contributed by atoms with Crippen LogP contribution in [0, 0.1) is 28.4 Å². The van der Waals surface area contributed by atoms with Crippen molar-refractivity contribution in [3.05, 3.63) is 132 Å². The number of nitrogens with two attached hydrogens (primary N) is 2. The van der Waals surface area contributed by atoms with Gasteiger partial charge in [0.15, 0.2) is 22.9 Å². The summed E-state index contributed by atoms with van der Waals surface area (Å²) in [4.78, 5) is 23.7. The summed E-state index contributed by atoms with van der Waals surface area (Å²) < 4.78 is 41.7. The van der Waals surface area contributed by atoms with E-state index in [1.54, 1.807) is 76.5 Å². The Balaban J connectivity index is 0.000000155. The number of rotatable bonds is 9. The summed E-state index contributed by atoms with van der Waals surface area (Å²) in [5, 5.41) is 26.8. The third kappa shape index (κ3) is 10.5. The second-order valence-corrected chi connectivity index (χ2v) is 14.6. The number of morpholine rings is 2. The smallest absolute Gasteiger partial charge is 0.182 e. The summed E-state index contributed by atoms with van der Waals surface area (Å²) in [5.41, 5.74) is 16.5. The van der Waals surface area contributed by atoms with Crippen LogP contribution in [-0.2, 0) is 22.6 Å². The second-order valence-electron chi connectivity index (χ2n) is 14.6. The minimum atomic E-state index is -0.295. The summed E-state index contributed by atoms with van der Waals surface area (Å²) in [6.45, 7) is 6.35. The Morgan fingerprint density at radius 1 is 0.794 bits per heavy atom. The fourth-order valence-electron chi connectivity index (χ4n) is 6.96. The molecule has 0 spiro atoms. The molecule has 0 bridgehead atoms. The van der Waals surface area contributed by atoms with Crippen molar-refractivity contribution in [2.24, 2.45) is 5.73 Å². The first-order valence-electron chi connectivity index (χ1n) is 20.1. The molecule has 0 radical (unpaired) electrons. The number of nitrogen functional groups attached to an aromatic ring is 2. The molecule has 0 unspecified atom stereocenters. The number of pyridine rings is 2. The van der Waals surface area contributed by atoms with Gasteiger partial charge in [-0.25, -0.2) is 38.1 Å². The van der Waals surface area contributed by atoms with Gasteiger partial charge >= 0.3 is 0 Å². The van der Waals surface area contributed by atoms with Crippen LogP contribution in [0.3, 0.4) is 0 Å². The number of nitriles is 1.